The number of carbonyl (C=O) groups is 2. The van der Waals surface area contributed by atoms with Gasteiger partial charge in [0, 0.05) is 23.2 Å². The second-order valence-corrected chi connectivity index (χ2v) is 7.53. The number of ether oxygens (including phenoxy) is 1. The topological polar surface area (TPSA) is 58.6 Å². The van der Waals surface area contributed by atoms with E-state index in [1.54, 1.807) is 13.2 Å². The van der Waals surface area contributed by atoms with Crippen LogP contribution in [0, 0.1) is 0 Å². The molecule has 0 unspecified atom stereocenters. The third-order valence-electron chi connectivity index (χ3n) is 4.74. The Kier molecular flexibility index (Phi) is 5.44. The van der Waals surface area contributed by atoms with Crippen LogP contribution in [0.25, 0.3) is 5.57 Å². The Labute approximate surface area is 173 Å². The van der Waals surface area contributed by atoms with E-state index in [0.29, 0.717) is 35.7 Å². The van der Waals surface area contributed by atoms with Crippen LogP contribution < -0.4 is 10.1 Å². The molecule has 0 saturated carbocycles. The van der Waals surface area contributed by atoms with Crippen molar-refractivity contribution in [3.63, 3.8) is 0 Å². The fourth-order valence-electron chi connectivity index (χ4n) is 3.28. The average Bonchev–Trinajstić information content (AvgIpc) is 3.35. The van der Waals surface area contributed by atoms with E-state index >= 15 is 0 Å². The second kappa shape index (κ2) is 8.32. The summed E-state index contributed by atoms with van der Waals surface area (Å²) in [6.07, 6.45) is 0.614. The highest BCUT2D eigenvalue weighted by atomic mass is 32.1. The molecule has 1 aliphatic heterocycles. The third kappa shape index (κ3) is 3.93. The molecule has 0 bridgehead atoms. The number of thiophene rings is 1. The first kappa shape index (κ1) is 19.0. The van der Waals surface area contributed by atoms with Gasteiger partial charge in [-0.3, -0.25) is 14.5 Å². The fourth-order valence-corrected chi connectivity index (χ4v) is 4.04. The number of hydrogen-bond donors (Lipinski definition) is 1. The van der Waals surface area contributed by atoms with Crippen molar-refractivity contribution in [1.82, 2.24) is 4.90 Å². The molecule has 0 saturated heterocycles. The molecule has 4 rings (SSSR count). The van der Waals surface area contributed by atoms with Crippen molar-refractivity contribution in [1.29, 1.82) is 0 Å². The number of benzene rings is 2. The van der Waals surface area contributed by atoms with Crippen LogP contribution in [0.2, 0.25) is 0 Å². The van der Waals surface area contributed by atoms with Crippen LogP contribution >= 0.6 is 11.3 Å². The quantitative estimate of drug-likeness (QED) is 0.600. The molecule has 6 heteroatoms. The second-order valence-electron chi connectivity index (χ2n) is 6.58. The van der Waals surface area contributed by atoms with Gasteiger partial charge in [0.2, 0.25) is 0 Å². The Balaban J connectivity index is 1.63. The number of rotatable bonds is 7. The number of anilines is 1. The van der Waals surface area contributed by atoms with Gasteiger partial charge in [0.15, 0.2) is 0 Å². The minimum atomic E-state index is -0.308. The van der Waals surface area contributed by atoms with E-state index in [9.17, 15) is 9.59 Å². The van der Waals surface area contributed by atoms with E-state index in [1.165, 1.54) is 16.2 Å². The van der Waals surface area contributed by atoms with Crippen LogP contribution in [-0.4, -0.2) is 30.4 Å². The van der Waals surface area contributed by atoms with Crippen molar-refractivity contribution in [3.05, 3.63) is 88.2 Å². The Morgan fingerprint density at radius 2 is 1.79 bits per heavy atom. The molecule has 0 radical (unpaired) electrons. The molecule has 1 N–H and O–H groups in total. The molecule has 2 amide bonds. The van der Waals surface area contributed by atoms with Crippen LogP contribution in [-0.2, 0) is 16.0 Å². The van der Waals surface area contributed by atoms with Crippen molar-refractivity contribution in [3.8, 4) is 5.75 Å². The summed E-state index contributed by atoms with van der Waals surface area (Å²) in [6, 6.07) is 20.9. The first-order valence-electron chi connectivity index (χ1n) is 9.26. The highest BCUT2D eigenvalue weighted by Gasteiger charge is 2.39. The average molecular weight is 404 g/mol. The van der Waals surface area contributed by atoms with Crippen LogP contribution in [0.3, 0.4) is 0 Å². The summed E-state index contributed by atoms with van der Waals surface area (Å²) in [6.45, 7) is 0.333. The predicted molar refractivity (Wildman–Crippen MR) is 115 cm³/mol. The van der Waals surface area contributed by atoms with Crippen molar-refractivity contribution >= 4 is 34.4 Å². The lowest BCUT2D eigenvalue weighted by atomic mass is 10.1. The lowest BCUT2D eigenvalue weighted by Gasteiger charge is -2.15. The Morgan fingerprint density at radius 3 is 2.52 bits per heavy atom. The van der Waals surface area contributed by atoms with Gasteiger partial charge in [-0.05, 0) is 35.6 Å². The van der Waals surface area contributed by atoms with Crippen LogP contribution in [0.1, 0.15) is 10.4 Å². The van der Waals surface area contributed by atoms with Gasteiger partial charge in [-0.2, -0.15) is 0 Å². The summed E-state index contributed by atoms with van der Waals surface area (Å²) in [5.74, 6) is 0.0990. The van der Waals surface area contributed by atoms with Gasteiger partial charge in [0.25, 0.3) is 11.8 Å². The largest absolute Gasteiger partial charge is 0.497 e. The van der Waals surface area contributed by atoms with Gasteiger partial charge >= 0.3 is 0 Å². The van der Waals surface area contributed by atoms with Gasteiger partial charge in [0.05, 0.1) is 12.7 Å². The zero-order valence-electron chi connectivity index (χ0n) is 15.9. The van der Waals surface area contributed by atoms with Crippen molar-refractivity contribution in [2.24, 2.45) is 0 Å². The lowest BCUT2D eigenvalue weighted by Crippen LogP contribution is -2.34. The third-order valence-corrected chi connectivity index (χ3v) is 5.63. The molecule has 2 aromatic carbocycles. The Morgan fingerprint density at radius 1 is 0.966 bits per heavy atom. The molecular weight excluding hydrogens is 384 g/mol. The molecule has 146 valence electrons. The maximum absolute atomic E-state index is 13.2. The molecule has 0 aliphatic carbocycles. The zero-order chi connectivity index (χ0) is 20.2. The Hall–Kier alpha value is -3.38. The maximum atomic E-state index is 13.2. The Bertz CT molecular complexity index is 1060. The first-order valence-corrected chi connectivity index (χ1v) is 10.1. The lowest BCUT2D eigenvalue weighted by molar-refractivity contribution is -0.136. The van der Waals surface area contributed by atoms with Crippen LogP contribution in [0.4, 0.5) is 5.69 Å². The smallest absolute Gasteiger partial charge is 0.278 e. The molecule has 3 aromatic rings. The minimum Gasteiger partial charge on any atom is -0.497 e. The number of carbonyl (C=O) groups excluding carboxylic acids is 2. The first-order chi connectivity index (χ1) is 14.2. The molecule has 29 heavy (non-hydrogen) atoms. The normalized spacial score (nSPS) is 13.9. The van der Waals surface area contributed by atoms with Gasteiger partial charge in [-0.15, -0.1) is 11.3 Å². The number of hydrogen-bond acceptors (Lipinski definition) is 5. The monoisotopic (exact) mass is 404 g/mol. The number of methoxy groups -OCH3 is 1. The summed E-state index contributed by atoms with van der Waals surface area (Å²) >= 11 is 1.44. The highest BCUT2D eigenvalue weighted by Crippen LogP contribution is 2.33. The van der Waals surface area contributed by atoms with Gasteiger partial charge in [-0.1, -0.05) is 42.5 Å². The molecule has 5 nitrogen and oxygen atoms in total. The minimum absolute atomic E-state index is 0.265. The van der Waals surface area contributed by atoms with E-state index in [4.69, 9.17) is 4.74 Å². The molecule has 0 atom stereocenters. The summed E-state index contributed by atoms with van der Waals surface area (Å²) in [5.41, 5.74) is 2.50. The predicted octanol–water partition coefficient (Wildman–Crippen LogP) is 4.19. The van der Waals surface area contributed by atoms with Crippen LogP contribution in [0.5, 0.6) is 5.75 Å². The van der Waals surface area contributed by atoms with Crippen molar-refractivity contribution in [2.45, 2.75) is 6.42 Å². The van der Waals surface area contributed by atoms with E-state index in [1.807, 2.05) is 66.0 Å². The molecule has 0 spiro atoms. The van der Waals surface area contributed by atoms with Gasteiger partial charge < -0.3 is 10.1 Å². The number of nitrogens with one attached hydrogen (secondary N) is 1. The molecule has 1 aliphatic rings. The van der Waals surface area contributed by atoms with Crippen LogP contribution in [0.15, 0.2) is 77.8 Å². The SMILES string of the molecule is COc1cccc(NC2=C(c3cccs3)C(=O)N(CCc3ccccc3)C2=O)c1. The molecule has 0 fully saturated rings. The standard InChI is InChI=1S/C23H20N2O3S/c1-28-18-10-5-9-17(15-18)24-21-20(19-11-6-14-29-19)22(26)25(23(21)27)13-12-16-7-3-2-4-8-16/h2-11,14-15,24H,12-13H2,1H3. The summed E-state index contributed by atoms with van der Waals surface area (Å²) in [5, 5.41) is 5.06. The van der Waals surface area contributed by atoms with E-state index in [0.717, 1.165) is 10.4 Å². The molecule has 2 heterocycles. The van der Waals surface area contributed by atoms with E-state index in [2.05, 4.69) is 5.32 Å². The van der Waals surface area contributed by atoms with Crippen molar-refractivity contribution in [2.75, 3.05) is 19.0 Å². The summed E-state index contributed by atoms with van der Waals surface area (Å²) in [7, 11) is 1.59. The number of imide groups is 1. The number of nitrogens with zero attached hydrogens (tertiary/aromatic N) is 1. The van der Waals surface area contributed by atoms with Crippen molar-refractivity contribution < 1.29 is 14.3 Å². The maximum Gasteiger partial charge on any atom is 0.278 e. The molecular formula is C23H20N2O3S. The van der Waals surface area contributed by atoms with Gasteiger partial charge in [-0.25, -0.2) is 0 Å². The van der Waals surface area contributed by atoms with E-state index in [-0.39, 0.29) is 11.8 Å². The number of amides is 2. The zero-order valence-corrected chi connectivity index (χ0v) is 16.7. The highest BCUT2D eigenvalue weighted by molar-refractivity contribution is 7.11. The fraction of sp³-hybridized carbons (Fsp3) is 0.130. The summed E-state index contributed by atoms with van der Waals surface area (Å²) in [4.78, 5) is 28.4. The van der Waals surface area contributed by atoms with Gasteiger partial charge in [0.1, 0.15) is 11.4 Å². The molecule has 1 aromatic heterocycles. The summed E-state index contributed by atoms with van der Waals surface area (Å²) < 4.78 is 5.26. The van der Waals surface area contributed by atoms with E-state index < -0.39 is 0 Å².